The van der Waals surface area contributed by atoms with Gasteiger partial charge in [0.15, 0.2) is 5.82 Å². The number of nitrogens with zero attached hydrogens (tertiary/aromatic N) is 6. The van der Waals surface area contributed by atoms with E-state index >= 15 is 0 Å². The molecule has 4 rings (SSSR count). The summed E-state index contributed by atoms with van der Waals surface area (Å²) in [6.07, 6.45) is 1.42. The molecule has 0 aliphatic rings. The van der Waals surface area contributed by atoms with Gasteiger partial charge in [-0.25, -0.2) is 23.1 Å². The molecule has 0 saturated carbocycles. The molecule has 0 aliphatic carbocycles. The van der Waals surface area contributed by atoms with Crippen molar-refractivity contribution in [1.29, 1.82) is 0 Å². The molecular formula is C23H27N7O3S. The number of ether oxygens (including phenoxy) is 1. The first kappa shape index (κ1) is 23.4. The number of hydrogen-bond donors (Lipinski definition) is 1. The number of anilines is 1. The topological polar surface area (TPSA) is 117 Å². The Balaban J connectivity index is 1.52. The fourth-order valence-corrected chi connectivity index (χ4v) is 5.21. The van der Waals surface area contributed by atoms with Gasteiger partial charge in [-0.15, -0.1) is 0 Å². The largest absolute Gasteiger partial charge is 0.439 e. The molecule has 11 heteroatoms. The van der Waals surface area contributed by atoms with E-state index in [-0.39, 0.29) is 4.90 Å². The maximum atomic E-state index is 13.0. The number of sulfonamides is 1. The highest BCUT2D eigenvalue weighted by Crippen LogP contribution is 2.26. The summed E-state index contributed by atoms with van der Waals surface area (Å²) in [6, 6.07) is 8.31. The lowest BCUT2D eigenvalue weighted by atomic mass is 10.2. The minimum absolute atomic E-state index is 0.197. The molecule has 1 aromatic carbocycles. The summed E-state index contributed by atoms with van der Waals surface area (Å²) in [7, 11) is -3.78. The summed E-state index contributed by atoms with van der Waals surface area (Å²) in [5.41, 5.74) is 4.51. The minimum atomic E-state index is -3.78. The van der Waals surface area contributed by atoms with E-state index in [2.05, 4.69) is 24.9 Å². The highest BCUT2D eigenvalue weighted by Gasteiger charge is 2.24. The zero-order chi connectivity index (χ0) is 24.6. The van der Waals surface area contributed by atoms with Gasteiger partial charge in [-0.05, 0) is 71.4 Å². The van der Waals surface area contributed by atoms with E-state index in [4.69, 9.17) is 4.74 Å². The number of hydrogen-bond acceptors (Lipinski definition) is 7. The summed E-state index contributed by atoms with van der Waals surface area (Å²) in [5, 5.41) is 8.81. The number of nitrogens with one attached hydrogen (secondary N) is 1. The molecule has 0 saturated heterocycles. The third kappa shape index (κ3) is 4.38. The van der Waals surface area contributed by atoms with Crippen molar-refractivity contribution in [1.82, 2.24) is 29.5 Å². The predicted molar refractivity (Wildman–Crippen MR) is 128 cm³/mol. The number of benzene rings is 1. The van der Waals surface area contributed by atoms with Gasteiger partial charge in [-0.3, -0.25) is 9.40 Å². The molecule has 34 heavy (non-hydrogen) atoms. The summed E-state index contributed by atoms with van der Waals surface area (Å²) >= 11 is 0. The zero-order valence-corrected chi connectivity index (χ0v) is 20.8. The van der Waals surface area contributed by atoms with Crippen LogP contribution >= 0.6 is 0 Å². The second-order valence-electron chi connectivity index (χ2n) is 7.97. The first-order valence-electron chi connectivity index (χ1n) is 10.8. The predicted octanol–water partition coefficient (Wildman–Crippen LogP) is 4.01. The Morgan fingerprint density at radius 3 is 2.24 bits per heavy atom. The first-order chi connectivity index (χ1) is 16.1. The molecule has 3 aromatic heterocycles. The van der Waals surface area contributed by atoms with Crippen molar-refractivity contribution in [2.75, 3.05) is 4.72 Å². The number of rotatable bonds is 7. The number of aromatic nitrogens is 6. The smallest absolute Gasteiger partial charge is 0.265 e. The molecule has 0 aliphatic heterocycles. The van der Waals surface area contributed by atoms with Crippen LogP contribution in [0.25, 0.3) is 5.82 Å². The van der Waals surface area contributed by atoms with Crippen LogP contribution in [0.4, 0.5) is 5.69 Å². The van der Waals surface area contributed by atoms with Gasteiger partial charge in [0.1, 0.15) is 17.0 Å². The molecule has 0 unspecified atom stereocenters. The quantitative estimate of drug-likeness (QED) is 0.424. The molecule has 0 radical (unpaired) electrons. The van der Waals surface area contributed by atoms with Crippen LogP contribution in [0.15, 0.2) is 41.6 Å². The summed E-state index contributed by atoms with van der Waals surface area (Å²) in [5.74, 6) is 1.45. The van der Waals surface area contributed by atoms with Gasteiger partial charge in [-0.2, -0.15) is 10.2 Å². The maximum Gasteiger partial charge on any atom is 0.265 e. The van der Waals surface area contributed by atoms with Crippen molar-refractivity contribution in [2.24, 2.45) is 0 Å². The van der Waals surface area contributed by atoms with Crippen molar-refractivity contribution in [3.63, 3.8) is 0 Å². The molecule has 0 spiro atoms. The fourth-order valence-electron chi connectivity index (χ4n) is 3.74. The Labute approximate surface area is 198 Å². The third-order valence-corrected chi connectivity index (χ3v) is 7.34. The van der Waals surface area contributed by atoms with Crippen LogP contribution in [0.5, 0.6) is 11.6 Å². The van der Waals surface area contributed by atoms with Gasteiger partial charge in [0.05, 0.1) is 17.1 Å². The molecule has 4 aromatic rings. The highest BCUT2D eigenvalue weighted by molar-refractivity contribution is 7.92. The second kappa shape index (κ2) is 8.90. The molecule has 0 fully saturated rings. The van der Waals surface area contributed by atoms with Crippen molar-refractivity contribution >= 4 is 15.7 Å². The highest BCUT2D eigenvalue weighted by atomic mass is 32.2. The first-order valence-corrected chi connectivity index (χ1v) is 12.3. The Morgan fingerprint density at radius 1 is 0.941 bits per heavy atom. The zero-order valence-electron chi connectivity index (χ0n) is 20.0. The van der Waals surface area contributed by atoms with Crippen molar-refractivity contribution in [3.8, 4) is 17.4 Å². The lowest BCUT2D eigenvalue weighted by Crippen LogP contribution is -2.15. The number of aryl methyl sites for hydroxylation is 3. The van der Waals surface area contributed by atoms with Crippen LogP contribution in [0.3, 0.4) is 0 Å². The van der Waals surface area contributed by atoms with Gasteiger partial charge < -0.3 is 4.74 Å². The normalized spacial score (nSPS) is 11.6. The second-order valence-corrected chi connectivity index (χ2v) is 9.59. The van der Waals surface area contributed by atoms with E-state index < -0.39 is 10.0 Å². The molecular weight excluding hydrogens is 454 g/mol. The molecule has 178 valence electrons. The van der Waals surface area contributed by atoms with Crippen molar-refractivity contribution in [3.05, 3.63) is 65.0 Å². The van der Waals surface area contributed by atoms with Crippen LogP contribution < -0.4 is 9.46 Å². The fraction of sp³-hybridized carbons (Fsp3) is 0.304. The van der Waals surface area contributed by atoms with Crippen molar-refractivity contribution in [2.45, 2.75) is 53.0 Å². The van der Waals surface area contributed by atoms with Crippen molar-refractivity contribution < 1.29 is 13.2 Å². The lowest BCUT2D eigenvalue weighted by molar-refractivity contribution is 0.460. The summed E-state index contributed by atoms with van der Waals surface area (Å²) in [6.45, 7) is 11.9. The maximum absolute atomic E-state index is 13.0. The molecule has 0 amide bonds. The molecule has 0 bridgehead atoms. The molecule has 3 heterocycles. The van der Waals surface area contributed by atoms with Gasteiger partial charge in [0.2, 0.25) is 5.88 Å². The standard InChI is InChI=1S/C23H27N7O3S/c1-7-29-18(6)23(16(4)26-29)34(31,32)28-19-8-10-20(11-9-19)33-22-12-21(24-13-25-22)30-17(5)14(2)15(3)27-30/h8-13,28H,7H2,1-6H3. The van der Waals surface area contributed by atoms with Gasteiger partial charge >= 0.3 is 0 Å². The average molecular weight is 482 g/mol. The van der Waals surface area contributed by atoms with Crippen LogP contribution in [0, 0.1) is 34.6 Å². The van der Waals surface area contributed by atoms with Crippen LogP contribution in [-0.4, -0.2) is 37.9 Å². The van der Waals surface area contributed by atoms with Gasteiger partial charge in [0, 0.05) is 24.0 Å². The van der Waals surface area contributed by atoms with Gasteiger partial charge in [0.25, 0.3) is 10.0 Å². The van der Waals surface area contributed by atoms with E-state index in [1.165, 1.54) is 6.33 Å². The van der Waals surface area contributed by atoms with E-state index in [0.717, 1.165) is 17.0 Å². The Bertz CT molecular complexity index is 1450. The van der Waals surface area contributed by atoms with E-state index in [1.807, 2.05) is 27.7 Å². The van der Waals surface area contributed by atoms with E-state index in [0.29, 0.717) is 41.1 Å². The van der Waals surface area contributed by atoms with E-state index in [9.17, 15) is 8.42 Å². The third-order valence-electron chi connectivity index (χ3n) is 5.71. The Hall–Kier alpha value is -3.73. The Kier molecular flexibility index (Phi) is 6.13. The Morgan fingerprint density at radius 2 is 1.65 bits per heavy atom. The minimum Gasteiger partial charge on any atom is -0.439 e. The van der Waals surface area contributed by atoms with Crippen LogP contribution in [0.2, 0.25) is 0 Å². The molecule has 0 atom stereocenters. The lowest BCUT2D eigenvalue weighted by Gasteiger charge is -2.10. The summed E-state index contributed by atoms with van der Waals surface area (Å²) < 4.78 is 37.8. The van der Waals surface area contributed by atoms with Crippen LogP contribution in [-0.2, 0) is 16.6 Å². The van der Waals surface area contributed by atoms with Crippen LogP contribution in [0.1, 0.15) is 35.3 Å². The monoisotopic (exact) mass is 481 g/mol. The van der Waals surface area contributed by atoms with Gasteiger partial charge in [-0.1, -0.05) is 0 Å². The molecule has 10 nitrogen and oxygen atoms in total. The SMILES string of the molecule is CCn1nc(C)c(S(=O)(=O)Nc2ccc(Oc3cc(-n4nc(C)c(C)c4C)ncn3)cc2)c1C. The summed E-state index contributed by atoms with van der Waals surface area (Å²) in [4.78, 5) is 8.67. The molecule has 1 N–H and O–H groups in total. The average Bonchev–Trinajstić information content (AvgIpc) is 3.24. The van der Waals surface area contributed by atoms with E-state index in [1.54, 1.807) is 53.5 Å².